The highest BCUT2D eigenvalue weighted by atomic mass is 35.5. The topological polar surface area (TPSA) is 23.6 Å². The van der Waals surface area contributed by atoms with Gasteiger partial charge in [-0.2, -0.15) is 12.6 Å². The van der Waals surface area contributed by atoms with Crippen molar-refractivity contribution >= 4 is 35.8 Å². The number of carbonyl (C=O) groups is 1. The fraction of sp³-hybridized carbons (Fsp3) is 0.462. The number of hydrogen-bond donors (Lipinski definition) is 1. The molecule has 3 nitrogen and oxygen atoms in total. The molecule has 1 unspecified atom stereocenters. The number of piperazine rings is 1. The van der Waals surface area contributed by atoms with Crippen LogP contribution in [0.2, 0.25) is 5.02 Å². The van der Waals surface area contributed by atoms with Gasteiger partial charge in [-0.15, -0.1) is 0 Å². The van der Waals surface area contributed by atoms with Crippen LogP contribution in [0.25, 0.3) is 0 Å². The molecule has 0 spiro atoms. The van der Waals surface area contributed by atoms with Gasteiger partial charge in [-0.25, -0.2) is 0 Å². The van der Waals surface area contributed by atoms with Gasteiger partial charge in [0.25, 0.3) is 0 Å². The van der Waals surface area contributed by atoms with Gasteiger partial charge in [0.15, 0.2) is 0 Å². The Morgan fingerprint density at radius 1 is 1.28 bits per heavy atom. The summed E-state index contributed by atoms with van der Waals surface area (Å²) in [6.07, 6.45) is 0. The molecule has 1 heterocycles. The predicted octanol–water partition coefficient (Wildman–Crippen LogP) is 2.31. The highest BCUT2D eigenvalue weighted by Gasteiger charge is 2.23. The summed E-state index contributed by atoms with van der Waals surface area (Å²) < 4.78 is 0. The van der Waals surface area contributed by atoms with Gasteiger partial charge in [0.1, 0.15) is 0 Å². The first-order chi connectivity index (χ1) is 8.59. The lowest BCUT2D eigenvalue weighted by Gasteiger charge is -2.37. The molecule has 18 heavy (non-hydrogen) atoms. The van der Waals surface area contributed by atoms with Gasteiger partial charge in [0.2, 0.25) is 5.91 Å². The van der Waals surface area contributed by atoms with E-state index in [1.54, 1.807) is 0 Å². The van der Waals surface area contributed by atoms with Crippen molar-refractivity contribution in [2.75, 3.05) is 31.1 Å². The summed E-state index contributed by atoms with van der Waals surface area (Å²) >= 11 is 10.4. The van der Waals surface area contributed by atoms with E-state index in [2.05, 4.69) is 17.5 Å². The molecule has 5 heteroatoms. The van der Waals surface area contributed by atoms with Gasteiger partial charge < -0.3 is 9.80 Å². The molecule has 1 aliphatic rings. The van der Waals surface area contributed by atoms with Crippen molar-refractivity contribution in [3.05, 3.63) is 29.3 Å². The van der Waals surface area contributed by atoms with Crippen molar-refractivity contribution in [1.82, 2.24) is 4.90 Å². The molecule has 0 aromatic heterocycles. The fourth-order valence-electron chi connectivity index (χ4n) is 2.14. The van der Waals surface area contributed by atoms with Crippen LogP contribution < -0.4 is 4.90 Å². The Bertz CT molecular complexity index is 431. The monoisotopic (exact) mass is 284 g/mol. The van der Waals surface area contributed by atoms with Gasteiger partial charge in [-0.1, -0.05) is 23.7 Å². The van der Waals surface area contributed by atoms with E-state index in [0.717, 1.165) is 36.9 Å². The van der Waals surface area contributed by atoms with Crippen LogP contribution in [0.4, 0.5) is 5.69 Å². The Morgan fingerprint density at radius 3 is 2.44 bits per heavy atom. The number of para-hydroxylation sites is 1. The Balaban J connectivity index is 1.99. The van der Waals surface area contributed by atoms with Crippen molar-refractivity contribution in [2.45, 2.75) is 12.2 Å². The van der Waals surface area contributed by atoms with E-state index in [4.69, 9.17) is 11.6 Å². The van der Waals surface area contributed by atoms with Gasteiger partial charge in [-0.05, 0) is 19.1 Å². The standard InChI is InChI=1S/C13H17ClN2OS/c1-10(18)13(17)16-8-6-15(7-9-16)12-5-3-2-4-11(12)14/h2-5,10,18H,6-9H2,1H3. The molecule has 1 saturated heterocycles. The number of halogens is 1. The van der Waals surface area contributed by atoms with Crippen LogP contribution in [0, 0.1) is 0 Å². The van der Waals surface area contributed by atoms with Crippen LogP contribution >= 0.6 is 24.2 Å². The third-order valence-electron chi connectivity index (χ3n) is 3.14. The van der Waals surface area contributed by atoms with E-state index < -0.39 is 0 Å². The zero-order valence-corrected chi connectivity index (χ0v) is 12.0. The number of benzene rings is 1. The van der Waals surface area contributed by atoms with Crippen LogP contribution in [0.15, 0.2) is 24.3 Å². The van der Waals surface area contributed by atoms with E-state index in [1.807, 2.05) is 36.1 Å². The summed E-state index contributed by atoms with van der Waals surface area (Å²) in [6.45, 7) is 4.90. The minimum atomic E-state index is -0.225. The maximum Gasteiger partial charge on any atom is 0.235 e. The average molecular weight is 285 g/mol. The molecule has 0 saturated carbocycles. The number of amides is 1. The molecule has 1 aromatic carbocycles. The van der Waals surface area contributed by atoms with Crippen LogP contribution in [0.1, 0.15) is 6.92 Å². The second-order valence-corrected chi connectivity index (χ2v) is 5.62. The highest BCUT2D eigenvalue weighted by Crippen LogP contribution is 2.26. The summed E-state index contributed by atoms with van der Waals surface area (Å²) in [7, 11) is 0. The molecule has 0 aliphatic carbocycles. The summed E-state index contributed by atoms with van der Waals surface area (Å²) in [5.74, 6) is 0.108. The first-order valence-electron chi connectivity index (χ1n) is 6.06. The molecule has 0 radical (unpaired) electrons. The summed E-state index contributed by atoms with van der Waals surface area (Å²) in [5.41, 5.74) is 1.05. The molecule has 2 rings (SSSR count). The third-order valence-corrected chi connectivity index (χ3v) is 3.68. The number of carbonyl (C=O) groups excluding carboxylic acids is 1. The molecule has 1 amide bonds. The molecule has 98 valence electrons. The molecular weight excluding hydrogens is 268 g/mol. The zero-order chi connectivity index (χ0) is 13.1. The number of anilines is 1. The van der Waals surface area contributed by atoms with Gasteiger partial charge in [-0.3, -0.25) is 4.79 Å². The molecule has 1 aliphatic heterocycles. The quantitative estimate of drug-likeness (QED) is 0.843. The second-order valence-electron chi connectivity index (χ2n) is 4.44. The molecule has 1 atom stereocenters. The van der Waals surface area contributed by atoms with Crippen molar-refractivity contribution in [3.8, 4) is 0 Å². The number of rotatable bonds is 2. The molecule has 1 fully saturated rings. The first kappa shape index (κ1) is 13.6. The average Bonchev–Trinajstić information content (AvgIpc) is 2.38. The third kappa shape index (κ3) is 2.93. The number of thiol groups is 1. The smallest absolute Gasteiger partial charge is 0.235 e. The molecular formula is C13H17ClN2OS. The fourth-order valence-corrected chi connectivity index (χ4v) is 2.56. The van der Waals surface area contributed by atoms with Crippen LogP contribution in [-0.4, -0.2) is 42.2 Å². The maximum atomic E-state index is 11.8. The molecule has 0 N–H and O–H groups in total. The van der Waals surface area contributed by atoms with Gasteiger partial charge in [0.05, 0.1) is 16.0 Å². The largest absolute Gasteiger partial charge is 0.367 e. The maximum absolute atomic E-state index is 11.8. The van der Waals surface area contributed by atoms with E-state index in [-0.39, 0.29) is 11.2 Å². The number of hydrogen-bond acceptors (Lipinski definition) is 3. The van der Waals surface area contributed by atoms with E-state index >= 15 is 0 Å². The number of nitrogens with zero attached hydrogens (tertiary/aromatic N) is 2. The van der Waals surface area contributed by atoms with Gasteiger partial charge >= 0.3 is 0 Å². The van der Waals surface area contributed by atoms with Crippen LogP contribution in [0.3, 0.4) is 0 Å². The minimum Gasteiger partial charge on any atom is -0.367 e. The SMILES string of the molecule is CC(S)C(=O)N1CCN(c2ccccc2Cl)CC1. The molecule has 1 aromatic rings. The van der Waals surface area contributed by atoms with Crippen LogP contribution in [0.5, 0.6) is 0 Å². The van der Waals surface area contributed by atoms with Crippen LogP contribution in [-0.2, 0) is 4.79 Å². The highest BCUT2D eigenvalue weighted by molar-refractivity contribution is 7.81. The Labute approximate surface area is 118 Å². The lowest BCUT2D eigenvalue weighted by atomic mass is 10.2. The normalized spacial score (nSPS) is 17.7. The Morgan fingerprint density at radius 2 is 1.89 bits per heavy atom. The van der Waals surface area contributed by atoms with Crippen molar-refractivity contribution in [1.29, 1.82) is 0 Å². The first-order valence-corrected chi connectivity index (χ1v) is 6.95. The van der Waals surface area contributed by atoms with Crippen molar-refractivity contribution < 1.29 is 4.79 Å². The Kier molecular flexibility index (Phi) is 4.40. The summed E-state index contributed by atoms with van der Waals surface area (Å²) in [4.78, 5) is 15.9. The van der Waals surface area contributed by atoms with Gasteiger partial charge in [0, 0.05) is 26.2 Å². The molecule has 0 bridgehead atoms. The summed E-state index contributed by atoms with van der Waals surface area (Å²) in [5, 5.41) is 0.539. The minimum absolute atomic E-state index is 0.108. The predicted molar refractivity (Wildman–Crippen MR) is 78.7 cm³/mol. The van der Waals surface area contributed by atoms with E-state index in [1.165, 1.54) is 0 Å². The lowest BCUT2D eigenvalue weighted by molar-refractivity contribution is -0.130. The Hall–Kier alpha value is -0.870. The second kappa shape index (κ2) is 5.85. The lowest BCUT2D eigenvalue weighted by Crippen LogP contribution is -2.50. The van der Waals surface area contributed by atoms with E-state index in [0.29, 0.717) is 0 Å². The zero-order valence-electron chi connectivity index (χ0n) is 10.3. The van der Waals surface area contributed by atoms with Crippen molar-refractivity contribution in [2.24, 2.45) is 0 Å². The van der Waals surface area contributed by atoms with Crippen molar-refractivity contribution in [3.63, 3.8) is 0 Å². The van der Waals surface area contributed by atoms with E-state index in [9.17, 15) is 4.79 Å². The summed E-state index contributed by atoms with van der Waals surface area (Å²) in [6, 6.07) is 7.81.